The minimum absolute atomic E-state index is 0.0371. The number of urea groups is 1. The van der Waals surface area contributed by atoms with Gasteiger partial charge in [0.1, 0.15) is 0 Å². The Kier molecular flexibility index (Phi) is 4.37. The second-order valence-corrected chi connectivity index (χ2v) is 5.82. The lowest BCUT2D eigenvalue weighted by Gasteiger charge is -2.36. The summed E-state index contributed by atoms with van der Waals surface area (Å²) < 4.78 is 0. The Morgan fingerprint density at radius 3 is 2.39 bits per heavy atom. The third-order valence-corrected chi connectivity index (χ3v) is 4.15. The van der Waals surface area contributed by atoms with Crippen LogP contribution in [0.1, 0.15) is 5.56 Å². The SMILES string of the molecule is Cc1cc(N)ccc1N1CCN(C(=O)Nc2ccccc2)CC1. The van der Waals surface area contributed by atoms with Crippen molar-refractivity contribution < 1.29 is 4.79 Å². The number of carbonyl (C=O) groups is 1. The summed E-state index contributed by atoms with van der Waals surface area (Å²) in [6.07, 6.45) is 0. The number of rotatable bonds is 2. The van der Waals surface area contributed by atoms with E-state index < -0.39 is 0 Å². The highest BCUT2D eigenvalue weighted by molar-refractivity contribution is 5.89. The molecule has 1 fully saturated rings. The fourth-order valence-electron chi connectivity index (χ4n) is 2.91. The number of benzene rings is 2. The van der Waals surface area contributed by atoms with Gasteiger partial charge in [-0.3, -0.25) is 0 Å². The molecule has 2 aromatic carbocycles. The first-order valence-corrected chi connectivity index (χ1v) is 7.85. The van der Waals surface area contributed by atoms with Gasteiger partial charge in [0.05, 0.1) is 0 Å². The summed E-state index contributed by atoms with van der Waals surface area (Å²) in [6, 6.07) is 15.5. The van der Waals surface area contributed by atoms with E-state index in [2.05, 4.69) is 23.2 Å². The van der Waals surface area contributed by atoms with Crippen LogP contribution in [0.15, 0.2) is 48.5 Å². The zero-order valence-electron chi connectivity index (χ0n) is 13.3. The molecule has 2 aromatic rings. The molecule has 120 valence electrons. The Bertz CT molecular complexity index is 679. The zero-order valence-corrected chi connectivity index (χ0v) is 13.3. The number of nitrogen functional groups attached to an aromatic ring is 1. The summed E-state index contributed by atoms with van der Waals surface area (Å²) in [6.45, 7) is 5.14. The Hall–Kier alpha value is -2.69. The molecule has 1 heterocycles. The van der Waals surface area contributed by atoms with Crippen LogP contribution in [-0.4, -0.2) is 37.1 Å². The van der Waals surface area contributed by atoms with Crippen LogP contribution >= 0.6 is 0 Å². The largest absolute Gasteiger partial charge is 0.399 e. The van der Waals surface area contributed by atoms with Crippen molar-refractivity contribution in [1.29, 1.82) is 0 Å². The summed E-state index contributed by atoms with van der Waals surface area (Å²) in [5, 5.41) is 2.94. The fraction of sp³-hybridized carbons (Fsp3) is 0.278. The molecule has 0 aliphatic carbocycles. The van der Waals surface area contributed by atoms with Crippen molar-refractivity contribution in [1.82, 2.24) is 4.90 Å². The molecular formula is C18H22N4O. The van der Waals surface area contributed by atoms with Crippen LogP contribution in [0.25, 0.3) is 0 Å². The molecule has 0 spiro atoms. The van der Waals surface area contributed by atoms with Crippen LogP contribution in [0.2, 0.25) is 0 Å². The third-order valence-electron chi connectivity index (χ3n) is 4.15. The van der Waals surface area contributed by atoms with Gasteiger partial charge in [-0.05, 0) is 42.8 Å². The Labute approximate surface area is 136 Å². The lowest BCUT2D eigenvalue weighted by Crippen LogP contribution is -2.50. The minimum atomic E-state index is -0.0371. The predicted octanol–water partition coefficient (Wildman–Crippen LogP) is 2.93. The van der Waals surface area contributed by atoms with Gasteiger partial charge in [0, 0.05) is 43.2 Å². The number of hydrogen-bond donors (Lipinski definition) is 2. The quantitative estimate of drug-likeness (QED) is 0.838. The standard InChI is InChI=1S/C18H22N4O/c1-14-13-15(19)7-8-17(14)21-9-11-22(12-10-21)18(23)20-16-5-3-2-4-6-16/h2-8,13H,9-12,19H2,1H3,(H,20,23). The molecule has 1 aliphatic heterocycles. The Morgan fingerprint density at radius 1 is 1.04 bits per heavy atom. The van der Waals surface area contributed by atoms with Gasteiger partial charge in [0.15, 0.2) is 0 Å². The van der Waals surface area contributed by atoms with Crippen molar-refractivity contribution in [2.45, 2.75) is 6.92 Å². The molecule has 0 bridgehead atoms. The first-order chi connectivity index (χ1) is 11.1. The number of nitrogens with one attached hydrogen (secondary N) is 1. The summed E-state index contributed by atoms with van der Waals surface area (Å²) in [7, 11) is 0. The van der Waals surface area contributed by atoms with Crippen molar-refractivity contribution in [3.8, 4) is 0 Å². The predicted molar refractivity (Wildman–Crippen MR) is 94.8 cm³/mol. The van der Waals surface area contributed by atoms with Crippen molar-refractivity contribution >= 4 is 23.1 Å². The molecule has 3 rings (SSSR count). The molecule has 1 saturated heterocycles. The van der Waals surface area contributed by atoms with Crippen LogP contribution in [0.3, 0.4) is 0 Å². The Morgan fingerprint density at radius 2 is 1.74 bits per heavy atom. The zero-order chi connectivity index (χ0) is 16.2. The smallest absolute Gasteiger partial charge is 0.321 e. The molecular weight excluding hydrogens is 288 g/mol. The highest BCUT2D eigenvalue weighted by Gasteiger charge is 2.22. The van der Waals surface area contributed by atoms with Crippen molar-refractivity contribution in [3.05, 3.63) is 54.1 Å². The molecule has 0 radical (unpaired) electrons. The van der Waals surface area contributed by atoms with Crippen LogP contribution < -0.4 is 16.0 Å². The van der Waals surface area contributed by atoms with Crippen LogP contribution in [0.4, 0.5) is 21.9 Å². The normalized spacial score (nSPS) is 14.7. The van der Waals surface area contributed by atoms with Crippen LogP contribution in [0, 0.1) is 6.92 Å². The van der Waals surface area contributed by atoms with Crippen molar-refractivity contribution in [2.75, 3.05) is 42.1 Å². The minimum Gasteiger partial charge on any atom is -0.399 e. The van der Waals surface area contributed by atoms with E-state index >= 15 is 0 Å². The van der Waals surface area contributed by atoms with E-state index in [1.54, 1.807) is 0 Å². The van der Waals surface area contributed by atoms with E-state index in [-0.39, 0.29) is 6.03 Å². The Balaban J connectivity index is 1.59. The average molecular weight is 310 g/mol. The van der Waals surface area contributed by atoms with Crippen molar-refractivity contribution in [2.24, 2.45) is 0 Å². The molecule has 2 amide bonds. The van der Waals surface area contributed by atoms with E-state index in [1.165, 1.54) is 11.3 Å². The van der Waals surface area contributed by atoms with Crippen LogP contribution in [0.5, 0.6) is 0 Å². The van der Waals surface area contributed by atoms with Gasteiger partial charge in [-0.2, -0.15) is 0 Å². The lowest BCUT2D eigenvalue weighted by molar-refractivity contribution is 0.208. The van der Waals surface area contributed by atoms with E-state index in [0.717, 1.165) is 24.5 Å². The van der Waals surface area contributed by atoms with Gasteiger partial charge in [0.25, 0.3) is 0 Å². The molecule has 5 nitrogen and oxygen atoms in total. The molecule has 0 saturated carbocycles. The number of piperazine rings is 1. The summed E-state index contributed by atoms with van der Waals surface area (Å²) in [5.74, 6) is 0. The first-order valence-electron chi connectivity index (χ1n) is 7.85. The van der Waals surface area contributed by atoms with Crippen LogP contribution in [-0.2, 0) is 0 Å². The maximum absolute atomic E-state index is 12.3. The molecule has 3 N–H and O–H groups in total. The molecule has 5 heteroatoms. The number of amides is 2. The van der Waals surface area contributed by atoms with Gasteiger partial charge in [0.2, 0.25) is 0 Å². The van der Waals surface area contributed by atoms with E-state index in [4.69, 9.17) is 5.73 Å². The second-order valence-electron chi connectivity index (χ2n) is 5.82. The van der Waals surface area contributed by atoms with Crippen molar-refractivity contribution in [3.63, 3.8) is 0 Å². The maximum Gasteiger partial charge on any atom is 0.321 e. The van der Waals surface area contributed by atoms with Gasteiger partial charge >= 0.3 is 6.03 Å². The number of hydrogen-bond acceptors (Lipinski definition) is 3. The van der Waals surface area contributed by atoms with E-state index in [1.807, 2.05) is 47.4 Å². The van der Waals surface area contributed by atoms with Gasteiger partial charge < -0.3 is 20.9 Å². The lowest BCUT2D eigenvalue weighted by atomic mass is 10.1. The molecule has 23 heavy (non-hydrogen) atoms. The highest BCUT2D eigenvalue weighted by atomic mass is 16.2. The number of carbonyl (C=O) groups excluding carboxylic acids is 1. The fourth-order valence-corrected chi connectivity index (χ4v) is 2.91. The highest BCUT2D eigenvalue weighted by Crippen LogP contribution is 2.23. The van der Waals surface area contributed by atoms with E-state index in [9.17, 15) is 4.79 Å². The number of nitrogens with two attached hydrogens (primary N) is 1. The summed E-state index contributed by atoms with van der Waals surface area (Å²) in [5.41, 5.74) is 9.79. The van der Waals surface area contributed by atoms with Gasteiger partial charge in [-0.1, -0.05) is 18.2 Å². The van der Waals surface area contributed by atoms with Gasteiger partial charge in [-0.25, -0.2) is 4.79 Å². The monoisotopic (exact) mass is 310 g/mol. The molecule has 1 aliphatic rings. The topological polar surface area (TPSA) is 61.6 Å². The first kappa shape index (κ1) is 15.2. The summed E-state index contributed by atoms with van der Waals surface area (Å²) in [4.78, 5) is 16.5. The summed E-state index contributed by atoms with van der Waals surface area (Å²) >= 11 is 0. The van der Waals surface area contributed by atoms with Gasteiger partial charge in [-0.15, -0.1) is 0 Å². The van der Waals surface area contributed by atoms with E-state index in [0.29, 0.717) is 13.1 Å². The molecule has 0 aromatic heterocycles. The number of nitrogens with zero attached hydrogens (tertiary/aromatic N) is 2. The number of anilines is 3. The second kappa shape index (κ2) is 6.60. The maximum atomic E-state index is 12.3. The number of aryl methyl sites for hydroxylation is 1. The third kappa shape index (κ3) is 3.56. The number of para-hydroxylation sites is 1. The molecule has 0 unspecified atom stereocenters. The average Bonchev–Trinajstić information content (AvgIpc) is 2.56. The molecule has 0 atom stereocenters.